The summed E-state index contributed by atoms with van der Waals surface area (Å²) >= 11 is 0. The third-order valence-electron chi connectivity index (χ3n) is 4.18. The molecule has 0 bridgehead atoms. The highest BCUT2D eigenvalue weighted by Gasteiger charge is 2.27. The lowest BCUT2D eigenvalue weighted by molar-refractivity contribution is 0.601. The number of benzene rings is 2. The molecule has 0 radical (unpaired) electrons. The van der Waals surface area contributed by atoms with Gasteiger partial charge in [0.25, 0.3) is 10.0 Å². The van der Waals surface area contributed by atoms with Gasteiger partial charge in [-0.25, -0.2) is 13.2 Å². The molecule has 1 aromatic heterocycles. The number of anilines is 1. The van der Waals surface area contributed by atoms with Gasteiger partial charge < -0.3 is 4.98 Å². The highest BCUT2D eigenvalue weighted by molar-refractivity contribution is 7.92. The molecule has 2 N–H and O–H groups in total. The van der Waals surface area contributed by atoms with Crippen LogP contribution in [0.5, 0.6) is 0 Å². The zero-order valence-electron chi connectivity index (χ0n) is 13.1. The summed E-state index contributed by atoms with van der Waals surface area (Å²) in [5, 5.41) is 0. The van der Waals surface area contributed by atoms with Crippen LogP contribution in [0.3, 0.4) is 0 Å². The van der Waals surface area contributed by atoms with Crippen molar-refractivity contribution in [1.29, 1.82) is 0 Å². The van der Waals surface area contributed by atoms with Crippen LogP contribution >= 0.6 is 0 Å². The molecule has 0 spiro atoms. The van der Waals surface area contributed by atoms with Crippen molar-refractivity contribution in [3.8, 4) is 0 Å². The number of aryl methyl sites for hydroxylation is 1. The van der Waals surface area contributed by atoms with Gasteiger partial charge in [0.05, 0.1) is 21.6 Å². The van der Waals surface area contributed by atoms with Gasteiger partial charge in [0.1, 0.15) is 0 Å². The number of aromatic amines is 1. The average molecular weight is 343 g/mol. The minimum absolute atomic E-state index is 0.147. The van der Waals surface area contributed by atoms with E-state index >= 15 is 0 Å². The molecule has 0 aliphatic heterocycles. The Bertz CT molecular complexity index is 1090. The van der Waals surface area contributed by atoms with Crippen LogP contribution in [-0.2, 0) is 10.0 Å². The Hall–Kier alpha value is -2.54. The predicted molar refractivity (Wildman–Crippen MR) is 92.8 cm³/mol. The fourth-order valence-electron chi connectivity index (χ4n) is 2.88. The van der Waals surface area contributed by atoms with Crippen molar-refractivity contribution >= 4 is 26.7 Å². The molecular weight excluding hydrogens is 326 g/mol. The van der Waals surface area contributed by atoms with Crippen LogP contribution in [0.1, 0.15) is 24.4 Å². The van der Waals surface area contributed by atoms with Crippen molar-refractivity contribution in [3.63, 3.8) is 0 Å². The Morgan fingerprint density at radius 2 is 1.96 bits per heavy atom. The van der Waals surface area contributed by atoms with Crippen molar-refractivity contribution in [2.24, 2.45) is 0 Å². The van der Waals surface area contributed by atoms with E-state index in [1.54, 1.807) is 41.0 Å². The summed E-state index contributed by atoms with van der Waals surface area (Å²) in [6, 6.07) is 12.0. The first-order valence-corrected chi connectivity index (χ1v) is 9.26. The molecule has 4 rings (SSSR count). The summed E-state index contributed by atoms with van der Waals surface area (Å²) < 4.78 is 29.4. The zero-order chi connectivity index (χ0) is 16.9. The summed E-state index contributed by atoms with van der Waals surface area (Å²) in [5.41, 5.74) is 2.61. The molecule has 24 heavy (non-hydrogen) atoms. The van der Waals surface area contributed by atoms with Crippen LogP contribution in [-0.4, -0.2) is 18.0 Å². The number of H-pyrrole nitrogens is 1. The lowest BCUT2D eigenvalue weighted by atomic mass is 10.2. The van der Waals surface area contributed by atoms with Gasteiger partial charge in [0, 0.05) is 6.04 Å². The van der Waals surface area contributed by atoms with Crippen molar-refractivity contribution in [2.45, 2.75) is 30.7 Å². The summed E-state index contributed by atoms with van der Waals surface area (Å²) in [7, 11) is -3.66. The van der Waals surface area contributed by atoms with E-state index in [-0.39, 0.29) is 16.6 Å². The van der Waals surface area contributed by atoms with Crippen molar-refractivity contribution in [1.82, 2.24) is 9.55 Å². The average Bonchev–Trinajstić information content (AvgIpc) is 3.29. The Balaban J connectivity index is 1.74. The van der Waals surface area contributed by atoms with E-state index < -0.39 is 10.0 Å². The van der Waals surface area contributed by atoms with Gasteiger partial charge >= 0.3 is 5.69 Å². The number of hydrogen-bond acceptors (Lipinski definition) is 3. The molecule has 7 heteroatoms. The second-order valence-corrected chi connectivity index (χ2v) is 7.87. The van der Waals surface area contributed by atoms with Crippen molar-refractivity contribution in [3.05, 3.63) is 58.5 Å². The first-order valence-electron chi connectivity index (χ1n) is 7.78. The molecule has 1 heterocycles. The predicted octanol–water partition coefficient (Wildman–Crippen LogP) is 2.77. The molecule has 2 aromatic carbocycles. The minimum Gasteiger partial charge on any atom is -0.306 e. The summed E-state index contributed by atoms with van der Waals surface area (Å²) in [4.78, 5) is 15.1. The van der Waals surface area contributed by atoms with Gasteiger partial charge in [-0.1, -0.05) is 12.1 Å². The normalized spacial score (nSPS) is 14.9. The third-order valence-corrected chi connectivity index (χ3v) is 5.56. The molecule has 1 fully saturated rings. The van der Waals surface area contributed by atoms with Crippen LogP contribution in [0.4, 0.5) is 5.69 Å². The van der Waals surface area contributed by atoms with E-state index in [9.17, 15) is 13.2 Å². The van der Waals surface area contributed by atoms with Crippen LogP contribution < -0.4 is 10.4 Å². The lowest BCUT2D eigenvalue weighted by Crippen LogP contribution is -2.15. The molecule has 1 aliphatic carbocycles. The summed E-state index contributed by atoms with van der Waals surface area (Å²) in [5.74, 6) is 0. The second kappa shape index (κ2) is 5.24. The van der Waals surface area contributed by atoms with Crippen LogP contribution in [0, 0.1) is 6.92 Å². The van der Waals surface area contributed by atoms with Crippen LogP contribution in [0.15, 0.2) is 52.2 Å². The van der Waals surface area contributed by atoms with E-state index in [0.29, 0.717) is 11.2 Å². The maximum absolute atomic E-state index is 12.5. The number of hydrogen-bond donors (Lipinski definition) is 2. The Labute approximate surface area is 139 Å². The molecule has 6 nitrogen and oxygen atoms in total. The fourth-order valence-corrected chi connectivity index (χ4v) is 4.03. The molecule has 0 unspecified atom stereocenters. The van der Waals surface area contributed by atoms with Gasteiger partial charge in [-0.2, -0.15) is 0 Å². The van der Waals surface area contributed by atoms with Crippen LogP contribution in [0.2, 0.25) is 0 Å². The van der Waals surface area contributed by atoms with Gasteiger partial charge in [0.15, 0.2) is 0 Å². The smallest absolute Gasteiger partial charge is 0.306 e. The maximum atomic E-state index is 12.5. The maximum Gasteiger partial charge on any atom is 0.326 e. The number of nitrogens with one attached hydrogen (secondary N) is 2. The standard InChI is InChI=1S/C17H17N3O3S/c1-11-3-2-4-14(9-11)24(22,23)19-12-5-8-15-16(10-12)20(13-6-7-13)17(21)18-15/h2-5,8-10,13,19H,6-7H2,1H3,(H,18,21). The fraction of sp³-hybridized carbons (Fsp3) is 0.235. The molecule has 3 aromatic rings. The Kier molecular flexibility index (Phi) is 3.28. The lowest BCUT2D eigenvalue weighted by Gasteiger charge is -2.09. The highest BCUT2D eigenvalue weighted by atomic mass is 32.2. The first-order chi connectivity index (χ1) is 11.4. The zero-order valence-corrected chi connectivity index (χ0v) is 13.9. The van der Waals surface area contributed by atoms with Gasteiger partial charge in [0.2, 0.25) is 0 Å². The number of rotatable bonds is 4. The monoisotopic (exact) mass is 343 g/mol. The topological polar surface area (TPSA) is 84.0 Å². The minimum atomic E-state index is -3.66. The van der Waals surface area contributed by atoms with E-state index in [1.165, 1.54) is 0 Å². The molecule has 0 atom stereocenters. The summed E-state index contributed by atoms with van der Waals surface area (Å²) in [6.45, 7) is 1.85. The van der Waals surface area contributed by atoms with E-state index in [4.69, 9.17) is 0 Å². The van der Waals surface area contributed by atoms with Crippen LogP contribution in [0.25, 0.3) is 11.0 Å². The van der Waals surface area contributed by atoms with E-state index in [2.05, 4.69) is 9.71 Å². The SMILES string of the molecule is Cc1cccc(S(=O)(=O)Nc2ccc3[nH]c(=O)n(C4CC4)c3c2)c1. The number of nitrogens with zero attached hydrogens (tertiary/aromatic N) is 1. The molecule has 1 saturated carbocycles. The molecule has 124 valence electrons. The number of imidazole rings is 1. The second-order valence-electron chi connectivity index (χ2n) is 6.19. The Morgan fingerprint density at radius 3 is 2.67 bits per heavy atom. The highest BCUT2D eigenvalue weighted by Crippen LogP contribution is 2.36. The quantitative estimate of drug-likeness (QED) is 0.764. The number of fused-ring (bicyclic) bond motifs is 1. The Morgan fingerprint density at radius 1 is 1.17 bits per heavy atom. The van der Waals surface area contributed by atoms with Gasteiger partial charge in [-0.15, -0.1) is 0 Å². The van der Waals surface area contributed by atoms with E-state index in [0.717, 1.165) is 23.9 Å². The molecule has 0 amide bonds. The third kappa shape index (κ3) is 2.60. The largest absolute Gasteiger partial charge is 0.326 e. The van der Waals surface area contributed by atoms with Gasteiger partial charge in [-0.3, -0.25) is 9.29 Å². The molecule has 1 aliphatic rings. The molecular formula is C17H17N3O3S. The molecule has 0 saturated heterocycles. The number of aromatic nitrogens is 2. The number of sulfonamides is 1. The van der Waals surface area contributed by atoms with E-state index in [1.807, 2.05) is 13.0 Å². The van der Waals surface area contributed by atoms with Crippen molar-refractivity contribution in [2.75, 3.05) is 4.72 Å². The summed E-state index contributed by atoms with van der Waals surface area (Å²) in [6.07, 6.45) is 1.96. The van der Waals surface area contributed by atoms with Crippen molar-refractivity contribution < 1.29 is 8.42 Å². The first kappa shape index (κ1) is 15.0. The van der Waals surface area contributed by atoms with Gasteiger partial charge in [-0.05, 0) is 55.7 Å².